The quantitative estimate of drug-likeness (QED) is 0.375. The Morgan fingerprint density at radius 1 is 1.33 bits per heavy atom. The second-order valence-electron chi connectivity index (χ2n) is 1.33. The lowest BCUT2D eigenvalue weighted by Gasteiger charge is -2.04. The molecule has 0 aliphatic heterocycles. The van der Waals surface area contributed by atoms with Gasteiger partial charge in [0, 0.05) is 0 Å². The molecule has 0 spiro atoms. The van der Waals surface area contributed by atoms with Gasteiger partial charge in [-0.3, -0.25) is 4.79 Å². The van der Waals surface area contributed by atoms with E-state index in [1.54, 1.807) is 12.1 Å². The van der Waals surface area contributed by atoms with Gasteiger partial charge in [0.2, 0.25) is 6.41 Å². The summed E-state index contributed by atoms with van der Waals surface area (Å²) in [6, 6.07) is 3.49. The molecule has 0 N–H and O–H groups in total. The molecule has 0 saturated heterocycles. The van der Waals surface area contributed by atoms with Crippen LogP contribution in [0, 0.1) is 22.7 Å². The van der Waals surface area contributed by atoms with E-state index in [1.807, 2.05) is 0 Å². The lowest BCUT2D eigenvalue weighted by molar-refractivity contribution is -0.117. The molecule has 0 rings (SSSR count). The smallest absolute Gasteiger partial charge is 0.211 e. The fourth-order valence-electron chi connectivity index (χ4n) is 0.312. The second kappa shape index (κ2) is 4.61. The monoisotopic (exact) mass is 123 g/mol. The molecular formula is C5H5N3O. The van der Waals surface area contributed by atoms with Crippen LogP contribution in [0.3, 0.4) is 0 Å². The Bertz CT molecular complexity index is 148. The normalized spacial score (nSPS) is 6.89. The maximum atomic E-state index is 9.91. The molecule has 46 valence electrons. The highest BCUT2D eigenvalue weighted by atomic mass is 16.1. The van der Waals surface area contributed by atoms with E-state index in [9.17, 15) is 4.79 Å². The Kier molecular flexibility index (Phi) is 3.81. The number of nitrogens with zero attached hydrogens (tertiary/aromatic N) is 3. The van der Waals surface area contributed by atoms with Crippen LogP contribution in [0.1, 0.15) is 0 Å². The number of hydrogen-bond acceptors (Lipinski definition) is 3. The van der Waals surface area contributed by atoms with Gasteiger partial charge in [0.25, 0.3) is 0 Å². The van der Waals surface area contributed by atoms with E-state index in [2.05, 4.69) is 0 Å². The minimum absolute atomic E-state index is 0.0168. The molecule has 0 saturated carbocycles. The van der Waals surface area contributed by atoms with Crippen molar-refractivity contribution in [1.82, 2.24) is 4.90 Å². The molecule has 0 aliphatic rings. The summed E-state index contributed by atoms with van der Waals surface area (Å²) in [7, 11) is 0. The van der Waals surface area contributed by atoms with Crippen LogP contribution in [0.25, 0.3) is 0 Å². The van der Waals surface area contributed by atoms with Crippen molar-refractivity contribution in [3.05, 3.63) is 0 Å². The van der Waals surface area contributed by atoms with Gasteiger partial charge in [0.05, 0.1) is 12.1 Å². The van der Waals surface area contributed by atoms with E-state index >= 15 is 0 Å². The largest absolute Gasteiger partial charge is 0.319 e. The van der Waals surface area contributed by atoms with Crippen LogP contribution in [-0.4, -0.2) is 24.4 Å². The van der Waals surface area contributed by atoms with Gasteiger partial charge in [0.1, 0.15) is 13.1 Å². The standard InChI is InChI=1S/C5H5N3O/c6-1-3-8(5-9)4-2-7/h5H,3-4H2. The first-order valence-electron chi connectivity index (χ1n) is 2.28. The van der Waals surface area contributed by atoms with E-state index in [-0.39, 0.29) is 13.1 Å². The summed E-state index contributed by atoms with van der Waals surface area (Å²) >= 11 is 0. The fourth-order valence-corrected chi connectivity index (χ4v) is 0.312. The first-order valence-corrected chi connectivity index (χ1v) is 2.28. The van der Waals surface area contributed by atoms with Crippen molar-refractivity contribution in [3.63, 3.8) is 0 Å². The van der Waals surface area contributed by atoms with Crippen LogP contribution in [0.15, 0.2) is 0 Å². The van der Waals surface area contributed by atoms with Crippen LogP contribution in [0.2, 0.25) is 0 Å². The highest BCUT2D eigenvalue weighted by Crippen LogP contribution is 1.76. The summed E-state index contributed by atoms with van der Waals surface area (Å²) in [5.74, 6) is 0. The molecule has 0 aliphatic carbocycles. The molecule has 4 nitrogen and oxygen atoms in total. The zero-order valence-electron chi connectivity index (χ0n) is 4.74. The summed E-state index contributed by atoms with van der Waals surface area (Å²) in [6.07, 6.45) is 0.479. The number of hydrogen-bond donors (Lipinski definition) is 0. The minimum atomic E-state index is -0.0168. The van der Waals surface area contributed by atoms with Crippen LogP contribution in [-0.2, 0) is 4.79 Å². The molecule has 9 heavy (non-hydrogen) atoms. The molecular weight excluding hydrogens is 118 g/mol. The first-order chi connectivity index (χ1) is 4.35. The van der Waals surface area contributed by atoms with Crippen molar-refractivity contribution in [1.29, 1.82) is 10.5 Å². The van der Waals surface area contributed by atoms with Gasteiger partial charge in [-0.15, -0.1) is 0 Å². The van der Waals surface area contributed by atoms with Crippen molar-refractivity contribution < 1.29 is 4.79 Å². The Morgan fingerprint density at radius 2 is 1.78 bits per heavy atom. The summed E-state index contributed by atoms with van der Waals surface area (Å²) in [5, 5.41) is 16.1. The first kappa shape index (κ1) is 7.45. The Morgan fingerprint density at radius 3 is 2.00 bits per heavy atom. The average molecular weight is 123 g/mol. The molecule has 0 radical (unpaired) electrons. The van der Waals surface area contributed by atoms with Crippen molar-refractivity contribution in [2.24, 2.45) is 0 Å². The maximum Gasteiger partial charge on any atom is 0.211 e. The molecule has 0 aromatic carbocycles. The molecule has 0 aromatic heterocycles. The number of carbonyl (C=O) groups excluding carboxylic acids is 1. The predicted octanol–water partition coefficient (Wildman–Crippen LogP) is -0.508. The second-order valence-corrected chi connectivity index (χ2v) is 1.33. The molecule has 0 atom stereocenters. The molecule has 0 heterocycles. The van der Waals surface area contributed by atoms with Crippen molar-refractivity contribution in [2.75, 3.05) is 13.1 Å². The number of rotatable bonds is 3. The lowest BCUT2D eigenvalue weighted by Crippen LogP contribution is -2.22. The average Bonchev–Trinajstić information content (AvgIpc) is 1.88. The van der Waals surface area contributed by atoms with Crippen LogP contribution < -0.4 is 0 Å². The number of nitriles is 2. The third-order valence-corrected chi connectivity index (χ3v) is 0.697. The van der Waals surface area contributed by atoms with Gasteiger partial charge in [-0.2, -0.15) is 10.5 Å². The van der Waals surface area contributed by atoms with Gasteiger partial charge < -0.3 is 4.90 Å². The van der Waals surface area contributed by atoms with Gasteiger partial charge in [-0.05, 0) is 0 Å². The van der Waals surface area contributed by atoms with Crippen LogP contribution in [0.4, 0.5) is 0 Å². The zero-order chi connectivity index (χ0) is 7.11. The van der Waals surface area contributed by atoms with Gasteiger partial charge in [0.15, 0.2) is 0 Å². The highest BCUT2D eigenvalue weighted by molar-refractivity contribution is 5.48. The zero-order valence-corrected chi connectivity index (χ0v) is 4.74. The molecule has 4 heteroatoms. The lowest BCUT2D eigenvalue weighted by atomic mass is 10.5. The fraction of sp³-hybridized carbons (Fsp3) is 0.400. The molecule has 0 fully saturated rings. The SMILES string of the molecule is N#CCN(C=O)CC#N. The maximum absolute atomic E-state index is 9.91. The van der Waals surface area contributed by atoms with Gasteiger partial charge in [-0.1, -0.05) is 0 Å². The predicted molar refractivity (Wildman–Crippen MR) is 28.9 cm³/mol. The molecule has 0 aromatic rings. The Hall–Kier alpha value is -1.55. The third-order valence-electron chi connectivity index (χ3n) is 0.697. The van der Waals surface area contributed by atoms with Gasteiger partial charge in [-0.25, -0.2) is 0 Å². The van der Waals surface area contributed by atoms with E-state index in [0.717, 1.165) is 4.90 Å². The minimum Gasteiger partial charge on any atom is -0.319 e. The van der Waals surface area contributed by atoms with E-state index in [0.29, 0.717) is 6.41 Å². The van der Waals surface area contributed by atoms with Crippen LogP contribution in [0.5, 0.6) is 0 Å². The summed E-state index contributed by atoms with van der Waals surface area (Å²) < 4.78 is 0. The molecule has 1 amide bonds. The van der Waals surface area contributed by atoms with Crippen molar-refractivity contribution >= 4 is 6.41 Å². The van der Waals surface area contributed by atoms with Crippen molar-refractivity contribution in [2.45, 2.75) is 0 Å². The highest BCUT2D eigenvalue weighted by Gasteiger charge is 1.95. The number of carbonyl (C=O) groups is 1. The topological polar surface area (TPSA) is 67.9 Å². The summed E-state index contributed by atoms with van der Waals surface area (Å²) in [4.78, 5) is 11.0. The Labute approximate surface area is 52.9 Å². The van der Waals surface area contributed by atoms with E-state index in [1.165, 1.54) is 0 Å². The van der Waals surface area contributed by atoms with Gasteiger partial charge >= 0.3 is 0 Å². The Balaban J connectivity index is 3.60. The molecule has 0 bridgehead atoms. The van der Waals surface area contributed by atoms with E-state index < -0.39 is 0 Å². The summed E-state index contributed by atoms with van der Waals surface area (Å²) in [5.41, 5.74) is 0. The van der Waals surface area contributed by atoms with E-state index in [4.69, 9.17) is 10.5 Å². The third kappa shape index (κ3) is 3.07. The van der Waals surface area contributed by atoms with Crippen LogP contribution >= 0.6 is 0 Å². The summed E-state index contributed by atoms with van der Waals surface area (Å²) in [6.45, 7) is -0.0336. The molecule has 0 unspecified atom stereocenters. The van der Waals surface area contributed by atoms with Crippen molar-refractivity contribution in [3.8, 4) is 12.1 Å². The number of amides is 1.